The Labute approximate surface area is 164 Å². The minimum Gasteiger partial charge on any atom is -0.467 e. The predicted molar refractivity (Wildman–Crippen MR) is 103 cm³/mol. The minimum absolute atomic E-state index is 0.0250. The summed E-state index contributed by atoms with van der Waals surface area (Å²) in [7, 11) is 1.60. The van der Waals surface area contributed by atoms with Crippen LogP contribution < -0.4 is 0 Å². The van der Waals surface area contributed by atoms with E-state index in [2.05, 4.69) is 0 Å². The van der Waals surface area contributed by atoms with Crippen molar-refractivity contribution in [2.75, 3.05) is 32.7 Å². The fraction of sp³-hybridized carbons (Fsp3) is 0.400. The van der Waals surface area contributed by atoms with Crippen molar-refractivity contribution < 1.29 is 18.7 Å². The van der Waals surface area contributed by atoms with Crippen molar-refractivity contribution in [1.82, 2.24) is 9.80 Å². The number of rotatable bonds is 11. The molecule has 1 aromatic carbocycles. The molecule has 2 amide bonds. The normalized spacial score (nSPS) is 10.6. The van der Waals surface area contributed by atoms with Gasteiger partial charge in [0.2, 0.25) is 11.8 Å². The van der Waals surface area contributed by atoms with Crippen LogP contribution in [0.25, 0.3) is 0 Å². The van der Waals surface area contributed by atoms with Crippen LogP contribution in [0.4, 0.5) is 0 Å². The molecular weight excluding hydrogens is 368 g/mol. The number of methoxy groups -OCH3 is 1. The molecule has 0 unspecified atom stereocenters. The molecule has 146 valence electrons. The largest absolute Gasteiger partial charge is 0.467 e. The highest BCUT2D eigenvalue weighted by molar-refractivity contribution is 6.27. The zero-order valence-electron chi connectivity index (χ0n) is 15.5. The fourth-order valence-corrected chi connectivity index (χ4v) is 2.84. The Balaban J connectivity index is 2.08. The highest BCUT2D eigenvalue weighted by Crippen LogP contribution is 2.12. The summed E-state index contributed by atoms with van der Waals surface area (Å²) < 4.78 is 10.4. The van der Waals surface area contributed by atoms with E-state index in [1.165, 1.54) is 4.90 Å². The van der Waals surface area contributed by atoms with Gasteiger partial charge in [-0.05, 0) is 24.1 Å². The number of hydrogen-bond acceptors (Lipinski definition) is 4. The smallest absolute Gasteiger partial charge is 0.242 e. The SMILES string of the molecule is COCCCN(CC(=O)N(Cc1ccccc1)Cc1ccco1)C(=O)CCl. The summed E-state index contributed by atoms with van der Waals surface area (Å²) in [6, 6.07) is 13.3. The van der Waals surface area contributed by atoms with Gasteiger partial charge in [0.05, 0.1) is 19.4 Å². The summed E-state index contributed by atoms with van der Waals surface area (Å²) in [6.45, 7) is 1.68. The van der Waals surface area contributed by atoms with Crippen molar-refractivity contribution in [2.45, 2.75) is 19.5 Å². The number of furan rings is 1. The molecule has 1 heterocycles. The summed E-state index contributed by atoms with van der Waals surface area (Å²) in [4.78, 5) is 28.2. The van der Waals surface area contributed by atoms with Gasteiger partial charge >= 0.3 is 0 Å². The molecule has 0 fully saturated rings. The summed E-state index contributed by atoms with van der Waals surface area (Å²) >= 11 is 5.71. The van der Waals surface area contributed by atoms with Crippen LogP contribution in [-0.4, -0.2) is 54.3 Å². The highest BCUT2D eigenvalue weighted by atomic mass is 35.5. The number of halogens is 1. The number of alkyl halides is 1. The van der Waals surface area contributed by atoms with Crippen LogP contribution in [0.5, 0.6) is 0 Å². The van der Waals surface area contributed by atoms with Crippen LogP contribution in [-0.2, 0) is 27.4 Å². The second kappa shape index (κ2) is 11.4. The van der Waals surface area contributed by atoms with Gasteiger partial charge in [0.15, 0.2) is 0 Å². The van der Waals surface area contributed by atoms with Gasteiger partial charge in [-0.3, -0.25) is 9.59 Å². The number of hydrogen-bond donors (Lipinski definition) is 0. The Bertz CT molecular complexity index is 691. The Morgan fingerprint density at radius 2 is 1.81 bits per heavy atom. The molecule has 0 saturated heterocycles. The number of nitrogens with zero attached hydrogens (tertiary/aromatic N) is 2. The van der Waals surface area contributed by atoms with Crippen LogP contribution in [0.15, 0.2) is 53.1 Å². The topological polar surface area (TPSA) is 63.0 Å². The lowest BCUT2D eigenvalue weighted by atomic mass is 10.2. The average molecular weight is 393 g/mol. The van der Waals surface area contributed by atoms with Gasteiger partial charge in [0.1, 0.15) is 11.6 Å². The van der Waals surface area contributed by atoms with Crippen molar-refractivity contribution in [3.05, 3.63) is 60.1 Å². The van der Waals surface area contributed by atoms with Crippen molar-refractivity contribution in [3.8, 4) is 0 Å². The molecule has 0 aliphatic heterocycles. The molecule has 1 aromatic heterocycles. The number of carbonyl (C=O) groups excluding carboxylic acids is 2. The zero-order chi connectivity index (χ0) is 19.5. The standard InChI is InChI=1S/C20H25ClN2O4/c1-26-11-6-10-22(19(24)13-21)16-20(25)23(15-18-9-5-12-27-18)14-17-7-3-2-4-8-17/h2-5,7-9,12H,6,10-11,13-16H2,1H3. The Hall–Kier alpha value is -2.31. The third-order valence-electron chi connectivity index (χ3n) is 4.07. The summed E-state index contributed by atoms with van der Waals surface area (Å²) in [5.74, 6) is 0.107. The van der Waals surface area contributed by atoms with Gasteiger partial charge in [-0.15, -0.1) is 11.6 Å². The van der Waals surface area contributed by atoms with E-state index in [1.54, 1.807) is 24.3 Å². The first-order valence-electron chi connectivity index (χ1n) is 8.80. The van der Waals surface area contributed by atoms with E-state index in [4.69, 9.17) is 20.8 Å². The summed E-state index contributed by atoms with van der Waals surface area (Å²) in [6.07, 6.45) is 2.22. The van der Waals surface area contributed by atoms with Crippen LogP contribution in [0.3, 0.4) is 0 Å². The van der Waals surface area contributed by atoms with Crippen molar-refractivity contribution >= 4 is 23.4 Å². The molecule has 0 spiro atoms. The van der Waals surface area contributed by atoms with Crippen LogP contribution in [0, 0.1) is 0 Å². The monoisotopic (exact) mass is 392 g/mol. The van der Waals surface area contributed by atoms with Crippen LogP contribution in [0.2, 0.25) is 0 Å². The van der Waals surface area contributed by atoms with Gasteiger partial charge in [-0.25, -0.2) is 0 Å². The second-order valence-corrected chi connectivity index (χ2v) is 6.38. The molecule has 0 aliphatic carbocycles. The molecule has 27 heavy (non-hydrogen) atoms. The predicted octanol–water partition coefficient (Wildman–Crippen LogP) is 2.91. The number of amides is 2. The Kier molecular flexibility index (Phi) is 8.87. The van der Waals surface area contributed by atoms with Crippen molar-refractivity contribution in [1.29, 1.82) is 0 Å². The van der Waals surface area contributed by atoms with E-state index in [0.29, 0.717) is 38.4 Å². The van der Waals surface area contributed by atoms with Crippen molar-refractivity contribution in [2.24, 2.45) is 0 Å². The van der Waals surface area contributed by atoms with E-state index in [-0.39, 0.29) is 24.2 Å². The van der Waals surface area contributed by atoms with Gasteiger partial charge in [-0.2, -0.15) is 0 Å². The summed E-state index contributed by atoms with van der Waals surface area (Å²) in [5, 5.41) is 0. The lowest BCUT2D eigenvalue weighted by Crippen LogP contribution is -2.43. The molecule has 6 nitrogen and oxygen atoms in total. The molecule has 0 atom stereocenters. The highest BCUT2D eigenvalue weighted by Gasteiger charge is 2.21. The Morgan fingerprint density at radius 3 is 2.44 bits per heavy atom. The third kappa shape index (κ3) is 7.07. The average Bonchev–Trinajstić information content (AvgIpc) is 3.20. The van der Waals surface area contributed by atoms with Gasteiger partial charge < -0.3 is 19.0 Å². The maximum Gasteiger partial charge on any atom is 0.242 e. The third-order valence-corrected chi connectivity index (χ3v) is 4.29. The molecule has 0 aliphatic rings. The Morgan fingerprint density at radius 1 is 1.04 bits per heavy atom. The molecule has 7 heteroatoms. The molecule has 2 rings (SSSR count). The van der Waals surface area contributed by atoms with Gasteiger partial charge in [0.25, 0.3) is 0 Å². The molecular formula is C20H25ClN2O4. The zero-order valence-corrected chi connectivity index (χ0v) is 16.2. The first kappa shape index (κ1) is 21.0. The molecule has 2 aromatic rings. The number of carbonyl (C=O) groups is 2. The fourth-order valence-electron chi connectivity index (χ4n) is 2.67. The van der Waals surface area contributed by atoms with Crippen LogP contribution in [0.1, 0.15) is 17.7 Å². The quantitative estimate of drug-likeness (QED) is 0.435. The molecule has 0 bridgehead atoms. The minimum atomic E-state index is -0.265. The maximum atomic E-state index is 13.0. The molecule has 0 radical (unpaired) electrons. The van der Waals surface area contributed by atoms with E-state index in [1.807, 2.05) is 36.4 Å². The first-order chi connectivity index (χ1) is 13.1. The molecule has 0 N–H and O–H groups in total. The van der Waals surface area contributed by atoms with E-state index < -0.39 is 0 Å². The van der Waals surface area contributed by atoms with Gasteiger partial charge in [0, 0.05) is 26.8 Å². The van der Waals surface area contributed by atoms with Crippen LogP contribution >= 0.6 is 11.6 Å². The summed E-state index contributed by atoms with van der Waals surface area (Å²) in [5.41, 5.74) is 1.01. The van der Waals surface area contributed by atoms with Gasteiger partial charge in [-0.1, -0.05) is 30.3 Å². The lowest BCUT2D eigenvalue weighted by molar-refractivity contribution is -0.140. The number of benzene rings is 1. The van der Waals surface area contributed by atoms with E-state index >= 15 is 0 Å². The number of ether oxygens (including phenoxy) is 1. The van der Waals surface area contributed by atoms with E-state index in [9.17, 15) is 9.59 Å². The van der Waals surface area contributed by atoms with Crippen molar-refractivity contribution in [3.63, 3.8) is 0 Å². The molecule has 0 saturated carbocycles. The first-order valence-corrected chi connectivity index (χ1v) is 9.34. The lowest BCUT2D eigenvalue weighted by Gasteiger charge is -2.27. The second-order valence-electron chi connectivity index (χ2n) is 6.11. The van der Waals surface area contributed by atoms with E-state index in [0.717, 1.165) is 5.56 Å². The maximum absolute atomic E-state index is 13.0.